The van der Waals surface area contributed by atoms with Crippen LogP contribution in [0.25, 0.3) is 0 Å². The van der Waals surface area contributed by atoms with E-state index in [-0.39, 0.29) is 6.61 Å². The van der Waals surface area contributed by atoms with Gasteiger partial charge in [-0.2, -0.15) is 0 Å². The van der Waals surface area contributed by atoms with E-state index >= 15 is 0 Å². The molecule has 17 heavy (non-hydrogen) atoms. The Bertz CT molecular complexity index is 351. The first kappa shape index (κ1) is 13.7. The third-order valence-electron chi connectivity index (χ3n) is 2.65. The van der Waals surface area contributed by atoms with Crippen molar-refractivity contribution in [3.05, 3.63) is 35.9 Å². The number of aliphatic hydroxyl groups is 1. The van der Waals surface area contributed by atoms with Gasteiger partial charge in [0, 0.05) is 5.92 Å². The highest BCUT2D eigenvalue weighted by Gasteiger charge is 2.30. The minimum atomic E-state index is -0.850. The summed E-state index contributed by atoms with van der Waals surface area (Å²) in [5.41, 5.74) is 6.68. The maximum Gasteiger partial charge on any atom is 0.323 e. The molecule has 0 aliphatic heterocycles. The van der Waals surface area contributed by atoms with Crippen LogP contribution in [-0.4, -0.2) is 29.8 Å². The second kappa shape index (κ2) is 6.37. The van der Waals surface area contributed by atoms with Crippen LogP contribution in [0.4, 0.5) is 0 Å². The van der Waals surface area contributed by atoms with Crippen molar-refractivity contribution in [1.29, 1.82) is 0 Å². The normalized spacial score (nSPS) is 16.0. The van der Waals surface area contributed by atoms with Crippen LogP contribution in [0.5, 0.6) is 0 Å². The highest BCUT2D eigenvalue weighted by atomic mass is 16.5. The van der Waals surface area contributed by atoms with E-state index in [1.165, 1.54) is 0 Å². The number of benzene rings is 1. The van der Waals surface area contributed by atoms with Gasteiger partial charge in [-0.3, -0.25) is 4.79 Å². The molecule has 0 bridgehead atoms. The molecule has 4 nitrogen and oxygen atoms in total. The second-order valence-corrected chi connectivity index (χ2v) is 3.95. The third-order valence-corrected chi connectivity index (χ3v) is 2.65. The Morgan fingerprint density at radius 3 is 2.47 bits per heavy atom. The van der Waals surface area contributed by atoms with Crippen molar-refractivity contribution < 1.29 is 14.6 Å². The zero-order valence-electron chi connectivity index (χ0n) is 10.2. The molecule has 1 rings (SSSR count). The Morgan fingerprint density at radius 2 is 2.00 bits per heavy atom. The Labute approximate surface area is 101 Å². The minimum Gasteiger partial charge on any atom is -0.465 e. The third kappa shape index (κ3) is 3.54. The highest BCUT2D eigenvalue weighted by Crippen LogP contribution is 2.23. The Hall–Kier alpha value is -1.39. The molecule has 94 valence electrons. The molecule has 1 aromatic carbocycles. The van der Waals surface area contributed by atoms with Gasteiger partial charge in [-0.25, -0.2) is 0 Å². The van der Waals surface area contributed by atoms with Crippen molar-refractivity contribution in [2.45, 2.75) is 31.9 Å². The molecule has 0 aliphatic carbocycles. The average molecular weight is 237 g/mol. The van der Waals surface area contributed by atoms with E-state index in [1.807, 2.05) is 30.3 Å². The van der Waals surface area contributed by atoms with Crippen molar-refractivity contribution in [1.82, 2.24) is 0 Å². The molecule has 0 saturated carbocycles. The number of aliphatic hydroxyl groups excluding tert-OH is 1. The van der Waals surface area contributed by atoms with Gasteiger partial charge in [0.05, 0.1) is 12.7 Å². The maximum atomic E-state index is 11.6. The summed E-state index contributed by atoms with van der Waals surface area (Å²) >= 11 is 0. The molecular formula is C13H19NO3. The summed E-state index contributed by atoms with van der Waals surface area (Å²) in [5.74, 6) is -0.933. The molecule has 4 heteroatoms. The number of carbonyl (C=O) groups is 1. The first-order valence-corrected chi connectivity index (χ1v) is 5.73. The Balaban J connectivity index is 2.90. The SMILES string of the molecule is CCOC(=O)[C@@H](N)[C@@H](c1ccccc1)[C@@H](C)O. The van der Waals surface area contributed by atoms with Gasteiger partial charge >= 0.3 is 5.97 Å². The molecule has 0 fully saturated rings. The van der Waals surface area contributed by atoms with E-state index in [2.05, 4.69) is 0 Å². The van der Waals surface area contributed by atoms with Crippen molar-refractivity contribution in [2.75, 3.05) is 6.61 Å². The predicted octanol–water partition coefficient (Wildman–Crippen LogP) is 1.04. The first-order valence-electron chi connectivity index (χ1n) is 5.73. The van der Waals surface area contributed by atoms with Crippen LogP contribution in [-0.2, 0) is 9.53 Å². The molecule has 0 aliphatic rings. The lowest BCUT2D eigenvalue weighted by Gasteiger charge is -2.25. The van der Waals surface area contributed by atoms with Crippen LogP contribution in [0.3, 0.4) is 0 Å². The maximum absolute atomic E-state index is 11.6. The lowest BCUT2D eigenvalue weighted by atomic mass is 9.87. The van der Waals surface area contributed by atoms with Crippen LogP contribution in [0.1, 0.15) is 25.3 Å². The monoisotopic (exact) mass is 237 g/mol. The molecule has 3 N–H and O–H groups in total. The van der Waals surface area contributed by atoms with Crippen LogP contribution in [0.15, 0.2) is 30.3 Å². The Morgan fingerprint density at radius 1 is 1.41 bits per heavy atom. The van der Waals surface area contributed by atoms with Gasteiger partial charge in [-0.1, -0.05) is 30.3 Å². The van der Waals surface area contributed by atoms with E-state index in [9.17, 15) is 9.90 Å². The summed E-state index contributed by atoms with van der Waals surface area (Å²) in [5, 5.41) is 9.77. The quantitative estimate of drug-likeness (QED) is 0.751. The zero-order valence-corrected chi connectivity index (χ0v) is 10.2. The van der Waals surface area contributed by atoms with Crippen molar-refractivity contribution in [3.8, 4) is 0 Å². The van der Waals surface area contributed by atoms with Crippen molar-refractivity contribution >= 4 is 5.97 Å². The summed E-state index contributed by atoms with van der Waals surface area (Å²) in [6.07, 6.45) is -0.711. The number of esters is 1. The number of carbonyl (C=O) groups excluding carboxylic acids is 1. The fraction of sp³-hybridized carbons (Fsp3) is 0.462. The molecular weight excluding hydrogens is 218 g/mol. The predicted molar refractivity (Wildman–Crippen MR) is 65.5 cm³/mol. The number of rotatable bonds is 5. The smallest absolute Gasteiger partial charge is 0.323 e. The van der Waals surface area contributed by atoms with E-state index in [4.69, 9.17) is 10.5 Å². The summed E-state index contributed by atoms with van der Waals surface area (Å²) in [6, 6.07) is 8.41. The topological polar surface area (TPSA) is 72.5 Å². The van der Waals surface area contributed by atoms with Crippen LogP contribution in [0, 0.1) is 0 Å². The average Bonchev–Trinajstić information content (AvgIpc) is 2.30. The molecule has 0 aromatic heterocycles. The van der Waals surface area contributed by atoms with E-state index in [0.717, 1.165) is 5.56 Å². The van der Waals surface area contributed by atoms with Gasteiger partial charge in [-0.05, 0) is 19.4 Å². The fourth-order valence-electron chi connectivity index (χ4n) is 1.85. The van der Waals surface area contributed by atoms with Gasteiger partial charge in [0.15, 0.2) is 0 Å². The van der Waals surface area contributed by atoms with Gasteiger partial charge in [0.1, 0.15) is 6.04 Å². The molecule has 0 amide bonds. The molecule has 3 atom stereocenters. The zero-order chi connectivity index (χ0) is 12.8. The van der Waals surface area contributed by atoms with Gasteiger partial charge in [-0.15, -0.1) is 0 Å². The molecule has 0 heterocycles. The number of hydrogen-bond acceptors (Lipinski definition) is 4. The van der Waals surface area contributed by atoms with Crippen LogP contribution < -0.4 is 5.73 Å². The van der Waals surface area contributed by atoms with Gasteiger partial charge < -0.3 is 15.6 Å². The van der Waals surface area contributed by atoms with E-state index < -0.39 is 24.0 Å². The first-order chi connectivity index (χ1) is 8.07. The second-order valence-electron chi connectivity index (χ2n) is 3.95. The van der Waals surface area contributed by atoms with Crippen molar-refractivity contribution in [3.63, 3.8) is 0 Å². The van der Waals surface area contributed by atoms with Gasteiger partial charge in [0.2, 0.25) is 0 Å². The summed E-state index contributed by atoms with van der Waals surface area (Å²) < 4.78 is 4.88. The summed E-state index contributed by atoms with van der Waals surface area (Å²) in [4.78, 5) is 11.6. The highest BCUT2D eigenvalue weighted by molar-refractivity contribution is 5.77. The number of ether oxygens (including phenoxy) is 1. The lowest BCUT2D eigenvalue weighted by Crippen LogP contribution is -2.42. The molecule has 0 saturated heterocycles. The largest absolute Gasteiger partial charge is 0.465 e. The van der Waals surface area contributed by atoms with Crippen LogP contribution in [0.2, 0.25) is 0 Å². The molecule has 1 aromatic rings. The number of nitrogens with two attached hydrogens (primary N) is 1. The summed E-state index contributed by atoms with van der Waals surface area (Å²) in [6.45, 7) is 3.63. The summed E-state index contributed by atoms with van der Waals surface area (Å²) in [7, 11) is 0. The fourth-order valence-corrected chi connectivity index (χ4v) is 1.85. The molecule has 0 unspecified atom stereocenters. The number of hydrogen-bond donors (Lipinski definition) is 2. The van der Waals surface area contributed by atoms with E-state index in [1.54, 1.807) is 13.8 Å². The van der Waals surface area contributed by atoms with Crippen LogP contribution >= 0.6 is 0 Å². The van der Waals surface area contributed by atoms with Gasteiger partial charge in [0.25, 0.3) is 0 Å². The molecule has 0 spiro atoms. The Kier molecular flexibility index (Phi) is 5.12. The van der Waals surface area contributed by atoms with Crippen molar-refractivity contribution in [2.24, 2.45) is 5.73 Å². The van der Waals surface area contributed by atoms with E-state index in [0.29, 0.717) is 0 Å². The minimum absolute atomic E-state index is 0.286. The molecule has 0 radical (unpaired) electrons. The lowest BCUT2D eigenvalue weighted by molar-refractivity contribution is -0.146. The standard InChI is InChI=1S/C13H19NO3/c1-3-17-13(16)12(14)11(9(2)15)10-7-5-4-6-8-10/h4-9,11-12,15H,3,14H2,1-2H3/t9-,11-,12+/m1/s1.